The van der Waals surface area contributed by atoms with Crippen LogP contribution in [-0.4, -0.2) is 16.9 Å². The Morgan fingerprint density at radius 3 is 2.17 bits per heavy atom. The Morgan fingerprint density at radius 2 is 1.45 bits per heavy atom. The number of benzene rings is 3. The Bertz CT molecular complexity index is 1060. The quantitative estimate of drug-likeness (QED) is 0.553. The molecule has 0 bridgehead atoms. The summed E-state index contributed by atoms with van der Waals surface area (Å²) >= 11 is 5.24. The van der Waals surface area contributed by atoms with Gasteiger partial charge in [-0.2, -0.15) is 0 Å². The molecule has 0 saturated carbocycles. The van der Waals surface area contributed by atoms with E-state index in [1.165, 1.54) is 0 Å². The van der Waals surface area contributed by atoms with Crippen molar-refractivity contribution in [2.75, 3.05) is 10.6 Å². The average molecular weight is 404 g/mol. The Balaban J connectivity index is 1.71. The maximum atomic E-state index is 12.8. The summed E-state index contributed by atoms with van der Waals surface area (Å²) in [6, 6.07) is 21.5. The van der Waals surface area contributed by atoms with Gasteiger partial charge in [-0.3, -0.25) is 14.9 Å². The first kappa shape index (κ1) is 20.2. The molecule has 5 nitrogen and oxygen atoms in total. The second-order valence-electron chi connectivity index (χ2n) is 6.57. The lowest BCUT2D eigenvalue weighted by atomic mass is 10.1. The maximum Gasteiger partial charge on any atom is 0.257 e. The molecule has 6 heteroatoms. The first-order valence-electron chi connectivity index (χ1n) is 9.09. The lowest BCUT2D eigenvalue weighted by Gasteiger charge is -2.14. The number of anilines is 2. The van der Waals surface area contributed by atoms with Gasteiger partial charge >= 0.3 is 0 Å². The summed E-state index contributed by atoms with van der Waals surface area (Å²) in [7, 11) is 0. The van der Waals surface area contributed by atoms with Crippen molar-refractivity contribution >= 4 is 40.5 Å². The molecule has 0 spiro atoms. The highest BCUT2D eigenvalue weighted by molar-refractivity contribution is 7.80. The van der Waals surface area contributed by atoms with Gasteiger partial charge in [0, 0.05) is 11.3 Å². The van der Waals surface area contributed by atoms with E-state index in [0.717, 1.165) is 11.1 Å². The fraction of sp³-hybridized carbons (Fsp3) is 0.0870. The third-order valence-electron chi connectivity index (χ3n) is 4.45. The molecule has 0 aromatic heterocycles. The van der Waals surface area contributed by atoms with Crippen LogP contribution in [0.5, 0.6) is 0 Å². The molecule has 0 aliphatic heterocycles. The number of rotatable bonds is 4. The van der Waals surface area contributed by atoms with E-state index in [0.29, 0.717) is 22.5 Å². The number of thiocarbonyl (C=S) groups is 1. The summed E-state index contributed by atoms with van der Waals surface area (Å²) in [5, 5.41) is 8.57. The first-order chi connectivity index (χ1) is 13.9. The molecule has 0 saturated heterocycles. The van der Waals surface area contributed by atoms with E-state index in [9.17, 15) is 9.59 Å². The highest BCUT2D eigenvalue weighted by Gasteiger charge is 2.14. The molecule has 0 aliphatic rings. The van der Waals surface area contributed by atoms with Gasteiger partial charge in [0.05, 0.1) is 11.3 Å². The molecule has 0 fully saturated rings. The van der Waals surface area contributed by atoms with Crippen molar-refractivity contribution in [3.05, 3.63) is 95.1 Å². The summed E-state index contributed by atoms with van der Waals surface area (Å²) in [5.74, 6) is -0.589. The zero-order valence-electron chi connectivity index (χ0n) is 16.2. The monoisotopic (exact) mass is 403 g/mol. The molecule has 146 valence electrons. The van der Waals surface area contributed by atoms with Gasteiger partial charge in [-0.25, -0.2) is 0 Å². The Hall–Kier alpha value is -3.51. The summed E-state index contributed by atoms with van der Waals surface area (Å²) in [6.45, 7) is 4.01. The van der Waals surface area contributed by atoms with Gasteiger partial charge < -0.3 is 10.6 Å². The van der Waals surface area contributed by atoms with Crippen molar-refractivity contribution in [2.45, 2.75) is 13.8 Å². The molecule has 3 aromatic rings. The minimum Gasteiger partial charge on any atom is -0.332 e. The van der Waals surface area contributed by atoms with Crippen LogP contribution in [0.2, 0.25) is 0 Å². The second-order valence-corrected chi connectivity index (χ2v) is 6.98. The van der Waals surface area contributed by atoms with E-state index in [-0.39, 0.29) is 16.9 Å². The summed E-state index contributed by atoms with van der Waals surface area (Å²) in [5.41, 5.74) is 4.39. The number of nitrogens with one attached hydrogen (secondary N) is 3. The fourth-order valence-electron chi connectivity index (χ4n) is 2.73. The third kappa shape index (κ3) is 5.27. The van der Waals surface area contributed by atoms with Crippen LogP contribution in [0.25, 0.3) is 0 Å². The van der Waals surface area contributed by atoms with Crippen LogP contribution in [-0.2, 0) is 0 Å². The molecular weight excluding hydrogens is 382 g/mol. The van der Waals surface area contributed by atoms with Gasteiger partial charge in [0.2, 0.25) is 0 Å². The van der Waals surface area contributed by atoms with Crippen molar-refractivity contribution in [2.24, 2.45) is 0 Å². The Kier molecular flexibility index (Phi) is 6.36. The van der Waals surface area contributed by atoms with Crippen LogP contribution in [0.4, 0.5) is 11.4 Å². The molecule has 2 amide bonds. The zero-order chi connectivity index (χ0) is 20.8. The lowest BCUT2D eigenvalue weighted by molar-refractivity contribution is 0.0976. The first-order valence-corrected chi connectivity index (χ1v) is 9.50. The normalized spacial score (nSPS) is 10.1. The zero-order valence-corrected chi connectivity index (χ0v) is 17.0. The van der Waals surface area contributed by atoms with Crippen molar-refractivity contribution in [1.29, 1.82) is 0 Å². The Morgan fingerprint density at radius 1 is 0.759 bits per heavy atom. The highest BCUT2D eigenvalue weighted by Crippen LogP contribution is 2.19. The largest absolute Gasteiger partial charge is 0.332 e. The van der Waals surface area contributed by atoms with Gasteiger partial charge in [-0.15, -0.1) is 0 Å². The molecule has 0 heterocycles. The molecule has 0 atom stereocenters. The smallest absolute Gasteiger partial charge is 0.257 e. The third-order valence-corrected chi connectivity index (χ3v) is 4.65. The number of carbonyl (C=O) groups excluding carboxylic acids is 2. The van der Waals surface area contributed by atoms with E-state index in [1.54, 1.807) is 48.5 Å². The average Bonchev–Trinajstić information content (AvgIpc) is 2.71. The highest BCUT2D eigenvalue weighted by atomic mass is 32.1. The van der Waals surface area contributed by atoms with E-state index in [2.05, 4.69) is 16.0 Å². The number of hydrogen-bond donors (Lipinski definition) is 3. The molecule has 3 rings (SSSR count). The van der Waals surface area contributed by atoms with Gasteiger partial charge in [0.15, 0.2) is 5.11 Å². The van der Waals surface area contributed by atoms with E-state index < -0.39 is 0 Å². The molecule has 0 unspecified atom stereocenters. The lowest BCUT2D eigenvalue weighted by Crippen LogP contribution is -2.34. The number of amides is 2. The summed E-state index contributed by atoms with van der Waals surface area (Å²) in [4.78, 5) is 25.0. The number of hydrogen-bond acceptors (Lipinski definition) is 3. The van der Waals surface area contributed by atoms with Crippen molar-refractivity contribution < 1.29 is 9.59 Å². The number of para-hydroxylation sites is 1. The Labute approximate surface area is 175 Å². The standard InChI is InChI=1S/C23H21N3O2S/c1-15-12-13-18(14-16(15)2)24-22(28)19-10-6-7-11-20(19)25-23(29)26-21(27)17-8-4-3-5-9-17/h3-14H,1-2H3,(H,24,28)(H2,25,26,27,29). The summed E-state index contributed by atoms with van der Waals surface area (Å²) < 4.78 is 0. The molecule has 29 heavy (non-hydrogen) atoms. The predicted molar refractivity (Wildman–Crippen MR) is 120 cm³/mol. The molecular formula is C23H21N3O2S. The second kappa shape index (κ2) is 9.12. The molecule has 3 aromatic carbocycles. The number of aryl methyl sites for hydroxylation is 2. The minimum atomic E-state index is -0.319. The molecule has 3 N–H and O–H groups in total. The van der Waals surface area contributed by atoms with E-state index in [4.69, 9.17) is 12.2 Å². The van der Waals surface area contributed by atoms with Crippen LogP contribution < -0.4 is 16.0 Å². The van der Waals surface area contributed by atoms with Gasteiger partial charge in [-0.05, 0) is 73.6 Å². The van der Waals surface area contributed by atoms with Crippen molar-refractivity contribution in [1.82, 2.24) is 5.32 Å². The maximum absolute atomic E-state index is 12.8. The predicted octanol–water partition coefficient (Wildman–Crippen LogP) is 4.68. The van der Waals surface area contributed by atoms with Gasteiger partial charge in [-0.1, -0.05) is 36.4 Å². The minimum absolute atomic E-state index is 0.116. The summed E-state index contributed by atoms with van der Waals surface area (Å²) in [6.07, 6.45) is 0. The van der Waals surface area contributed by atoms with Crippen LogP contribution in [0, 0.1) is 13.8 Å². The fourth-order valence-corrected chi connectivity index (χ4v) is 2.93. The van der Waals surface area contributed by atoms with Crippen molar-refractivity contribution in [3.8, 4) is 0 Å². The number of carbonyl (C=O) groups is 2. The van der Waals surface area contributed by atoms with Crippen LogP contribution in [0.15, 0.2) is 72.8 Å². The molecule has 0 radical (unpaired) electrons. The topological polar surface area (TPSA) is 70.2 Å². The SMILES string of the molecule is Cc1ccc(NC(=O)c2ccccc2NC(=S)NC(=O)c2ccccc2)cc1C. The molecule has 0 aliphatic carbocycles. The van der Waals surface area contributed by atoms with Crippen molar-refractivity contribution in [3.63, 3.8) is 0 Å². The van der Waals surface area contributed by atoms with E-state index >= 15 is 0 Å². The van der Waals surface area contributed by atoms with Crippen LogP contribution in [0.3, 0.4) is 0 Å². The van der Waals surface area contributed by atoms with E-state index in [1.807, 2.05) is 38.1 Å². The van der Waals surface area contributed by atoms with Gasteiger partial charge in [0.1, 0.15) is 0 Å². The van der Waals surface area contributed by atoms with Crippen LogP contribution >= 0.6 is 12.2 Å². The van der Waals surface area contributed by atoms with Crippen LogP contribution in [0.1, 0.15) is 31.8 Å². The van der Waals surface area contributed by atoms with Gasteiger partial charge in [0.25, 0.3) is 11.8 Å².